The van der Waals surface area contributed by atoms with Gasteiger partial charge in [0.1, 0.15) is 0 Å². The summed E-state index contributed by atoms with van der Waals surface area (Å²) in [5, 5.41) is 10.3. The highest BCUT2D eigenvalue weighted by Crippen LogP contribution is 2.23. The number of hydrogen-bond acceptors (Lipinski definition) is 6. The van der Waals surface area contributed by atoms with Gasteiger partial charge in [-0.3, -0.25) is 10.1 Å². The van der Waals surface area contributed by atoms with Crippen molar-refractivity contribution in [3.05, 3.63) is 46.5 Å². The van der Waals surface area contributed by atoms with Gasteiger partial charge in [-0.05, 0) is 37.8 Å². The van der Waals surface area contributed by atoms with Gasteiger partial charge in [0.15, 0.2) is 0 Å². The zero-order valence-corrected chi connectivity index (χ0v) is 16.1. The number of nitrogens with zero attached hydrogens (tertiary/aromatic N) is 2. The monoisotopic (exact) mass is 412 g/mol. The number of carbonyl (C=O) groups excluding carboxylic acids is 1. The molecule has 1 aromatic carbocycles. The zero-order chi connectivity index (χ0) is 18.6. The predicted octanol–water partition coefficient (Wildman–Crippen LogP) is 3.22. The summed E-state index contributed by atoms with van der Waals surface area (Å²) in [6.45, 7) is 0.267. The Morgan fingerprint density at radius 2 is 2.04 bits per heavy atom. The molecule has 3 rings (SSSR count). The lowest BCUT2D eigenvalue weighted by atomic mass is 10.0. The van der Waals surface area contributed by atoms with Crippen molar-refractivity contribution in [2.24, 2.45) is 0 Å². The number of sulfonamides is 1. The Kier molecular flexibility index (Phi) is 6.02. The standard InChI is InChI=1S/C16H17ClN4O3S2/c17-13-9-5-4-8-12(13)14(22)19-15-20-21-16(25-15)26(23,24)18-10-11-6-2-1-3-7-11/h4-6,8-9,18H,1-3,7,10H2,(H,19,20,22). The van der Waals surface area contributed by atoms with Gasteiger partial charge in [0.05, 0.1) is 10.6 Å². The van der Waals surface area contributed by atoms with Crippen molar-refractivity contribution < 1.29 is 13.2 Å². The molecular weight excluding hydrogens is 396 g/mol. The quantitative estimate of drug-likeness (QED) is 0.560. The molecule has 1 amide bonds. The van der Waals surface area contributed by atoms with Crippen LogP contribution in [0.4, 0.5) is 5.13 Å². The second-order valence-corrected chi connectivity index (χ2v) is 9.07. The SMILES string of the molecule is O=C(Nc1nnc(S(=O)(=O)NCC2=CCCCC2)s1)c1ccccc1Cl. The average Bonchev–Trinajstić information content (AvgIpc) is 3.11. The molecule has 0 spiro atoms. The summed E-state index contributed by atoms with van der Waals surface area (Å²) >= 11 is 6.76. The molecule has 1 aromatic heterocycles. The van der Waals surface area contributed by atoms with Crippen molar-refractivity contribution in [3.8, 4) is 0 Å². The Labute approximate surface area is 160 Å². The van der Waals surface area contributed by atoms with Gasteiger partial charge in [-0.15, -0.1) is 10.2 Å². The summed E-state index contributed by atoms with van der Waals surface area (Å²) in [4.78, 5) is 12.2. The lowest BCUT2D eigenvalue weighted by Gasteiger charge is -2.12. The number of aromatic nitrogens is 2. The highest BCUT2D eigenvalue weighted by Gasteiger charge is 2.22. The van der Waals surface area contributed by atoms with E-state index < -0.39 is 15.9 Å². The summed E-state index contributed by atoms with van der Waals surface area (Å²) in [5.41, 5.74) is 1.35. The Hall–Kier alpha value is -1.81. The number of allylic oxidation sites excluding steroid dienone is 1. The molecule has 2 N–H and O–H groups in total. The molecule has 0 fully saturated rings. The van der Waals surface area contributed by atoms with E-state index in [1.165, 1.54) is 0 Å². The van der Waals surface area contributed by atoms with Crippen LogP contribution < -0.4 is 10.0 Å². The maximum Gasteiger partial charge on any atom is 0.270 e. The highest BCUT2D eigenvalue weighted by molar-refractivity contribution is 7.91. The summed E-state index contributed by atoms with van der Waals surface area (Å²) in [6.07, 6.45) is 6.17. The van der Waals surface area contributed by atoms with Crippen LogP contribution in [0, 0.1) is 0 Å². The lowest BCUT2D eigenvalue weighted by Crippen LogP contribution is -2.26. The van der Waals surface area contributed by atoms with Gasteiger partial charge >= 0.3 is 0 Å². The van der Waals surface area contributed by atoms with Crippen LogP contribution in [0.25, 0.3) is 0 Å². The van der Waals surface area contributed by atoms with E-state index in [1.54, 1.807) is 24.3 Å². The van der Waals surface area contributed by atoms with Crippen LogP contribution in [0.5, 0.6) is 0 Å². The topological polar surface area (TPSA) is 101 Å². The van der Waals surface area contributed by atoms with Gasteiger partial charge in [0, 0.05) is 6.54 Å². The maximum atomic E-state index is 12.3. The highest BCUT2D eigenvalue weighted by atomic mass is 35.5. The molecule has 2 aromatic rings. The Morgan fingerprint density at radius 3 is 2.77 bits per heavy atom. The summed E-state index contributed by atoms with van der Waals surface area (Å²) < 4.78 is 27.0. The van der Waals surface area contributed by atoms with Gasteiger partial charge in [-0.25, -0.2) is 13.1 Å². The van der Waals surface area contributed by atoms with Gasteiger partial charge in [0.2, 0.25) is 9.47 Å². The van der Waals surface area contributed by atoms with Crippen molar-refractivity contribution in [2.75, 3.05) is 11.9 Å². The van der Waals surface area contributed by atoms with E-state index in [-0.39, 0.29) is 21.6 Å². The molecule has 0 unspecified atom stereocenters. The van der Waals surface area contributed by atoms with Crippen LogP contribution in [-0.2, 0) is 10.0 Å². The summed E-state index contributed by atoms with van der Waals surface area (Å²) in [7, 11) is -3.77. The van der Waals surface area contributed by atoms with Gasteiger partial charge in [0.25, 0.3) is 15.9 Å². The molecule has 10 heteroatoms. The van der Waals surface area contributed by atoms with E-state index in [2.05, 4.69) is 26.3 Å². The molecule has 7 nitrogen and oxygen atoms in total. The number of rotatable bonds is 6. The normalized spacial score (nSPS) is 14.7. The number of amides is 1. The molecule has 138 valence electrons. The fourth-order valence-corrected chi connectivity index (χ4v) is 4.69. The number of anilines is 1. The molecule has 26 heavy (non-hydrogen) atoms. The van der Waals surface area contributed by atoms with Crippen molar-refractivity contribution in [1.82, 2.24) is 14.9 Å². The van der Waals surface area contributed by atoms with Crippen LogP contribution >= 0.6 is 22.9 Å². The van der Waals surface area contributed by atoms with Crippen molar-refractivity contribution in [1.29, 1.82) is 0 Å². The van der Waals surface area contributed by atoms with Gasteiger partial charge in [-0.1, -0.05) is 46.7 Å². The molecule has 0 saturated carbocycles. The van der Waals surface area contributed by atoms with E-state index >= 15 is 0 Å². The van der Waals surface area contributed by atoms with Crippen molar-refractivity contribution in [2.45, 2.75) is 30.0 Å². The first-order valence-corrected chi connectivity index (χ1v) is 10.7. The minimum atomic E-state index is -3.77. The van der Waals surface area contributed by atoms with Crippen LogP contribution in [-0.4, -0.2) is 31.1 Å². The number of nitrogens with one attached hydrogen (secondary N) is 2. The predicted molar refractivity (Wildman–Crippen MR) is 101 cm³/mol. The first-order valence-electron chi connectivity index (χ1n) is 8.03. The van der Waals surface area contributed by atoms with Crippen LogP contribution in [0.2, 0.25) is 5.02 Å². The van der Waals surface area contributed by atoms with Crippen molar-refractivity contribution >= 4 is 44.0 Å². The third kappa shape index (κ3) is 4.67. The number of halogens is 1. The third-order valence-electron chi connectivity index (χ3n) is 3.85. The molecule has 1 aliphatic rings. The number of carbonyl (C=O) groups is 1. The maximum absolute atomic E-state index is 12.3. The Morgan fingerprint density at radius 1 is 1.23 bits per heavy atom. The molecule has 0 aliphatic heterocycles. The molecule has 0 bridgehead atoms. The second-order valence-electron chi connectivity index (χ2n) is 5.74. The Balaban J connectivity index is 1.65. The number of benzene rings is 1. The third-order valence-corrected chi connectivity index (χ3v) is 6.79. The summed E-state index contributed by atoms with van der Waals surface area (Å²) in [6, 6.07) is 6.55. The van der Waals surface area contributed by atoms with Gasteiger partial charge < -0.3 is 0 Å². The smallest absolute Gasteiger partial charge is 0.270 e. The van der Waals surface area contributed by atoms with Crippen LogP contribution in [0.15, 0.2) is 40.3 Å². The molecule has 1 heterocycles. The van der Waals surface area contributed by atoms with E-state index in [0.29, 0.717) is 5.02 Å². The number of hydrogen-bond donors (Lipinski definition) is 2. The van der Waals surface area contributed by atoms with Crippen LogP contribution in [0.1, 0.15) is 36.0 Å². The van der Waals surface area contributed by atoms with E-state index in [9.17, 15) is 13.2 Å². The minimum Gasteiger partial charge on any atom is -0.296 e. The van der Waals surface area contributed by atoms with Crippen molar-refractivity contribution in [3.63, 3.8) is 0 Å². The van der Waals surface area contributed by atoms with Crippen LogP contribution in [0.3, 0.4) is 0 Å². The first-order chi connectivity index (χ1) is 12.5. The summed E-state index contributed by atoms with van der Waals surface area (Å²) in [5.74, 6) is -0.476. The van der Waals surface area contributed by atoms with E-state index in [4.69, 9.17) is 11.6 Å². The molecule has 0 saturated heterocycles. The lowest BCUT2D eigenvalue weighted by molar-refractivity contribution is 0.102. The van der Waals surface area contributed by atoms with E-state index in [0.717, 1.165) is 42.6 Å². The molecule has 0 atom stereocenters. The zero-order valence-electron chi connectivity index (χ0n) is 13.7. The average molecular weight is 413 g/mol. The first kappa shape index (κ1) is 19.0. The second kappa shape index (κ2) is 8.26. The molecule has 0 radical (unpaired) electrons. The fraction of sp³-hybridized carbons (Fsp3) is 0.312. The van der Waals surface area contributed by atoms with Gasteiger partial charge in [-0.2, -0.15) is 0 Å². The minimum absolute atomic E-state index is 0.0900. The Bertz CT molecular complexity index is 940. The molecule has 1 aliphatic carbocycles. The van der Waals surface area contributed by atoms with E-state index in [1.807, 2.05) is 0 Å². The molecular formula is C16H17ClN4O3S2. The largest absolute Gasteiger partial charge is 0.296 e. The fourth-order valence-electron chi connectivity index (χ4n) is 2.49.